The fourth-order valence-corrected chi connectivity index (χ4v) is 3.87. The molecular formula is C12H21N3O4S. The van der Waals surface area contributed by atoms with E-state index in [0.29, 0.717) is 25.2 Å². The Kier molecular flexibility index (Phi) is 4.98. The third kappa shape index (κ3) is 3.69. The molecular weight excluding hydrogens is 282 g/mol. The zero-order valence-corrected chi connectivity index (χ0v) is 12.5. The molecule has 7 nitrogen and oxygen atoms in total. The molecule has 0 saturated carbocycles. The highest BCUT2D eigenvalue weighted by molar-refractivity contribution is 7.89. The molecule has 8 heteroatoms. The Morgan fingerprint density at radius 3 is 3.00 bits per heavy atom. The third-order valence-electron chi connectivity index (χ3n) is 3.52. The van der Waals surface area contributed by atoms with E-state index in [1.54, 1.807) is 0 Å². The maximum Gasteiger partial charge on any atom is 0.441 e. The molecule has 1 aromatic rings. The lowest BCUT2D eigenvalue weighted by Gasteiger charge is -2.16. The first-order valence-corrected chi connectivity index (χ1v) is 8.73. The van der Waals surface area contributed by atoms with Crippen LogP contribution in [0.25, 0.3) is 0 Å². The van der Waals surface area contributed by atoms with Crippen molar-refractivity contribution in [1.82, 2.24) is 14.4 Å². The van der Waals surface area contributed by atoms with E-state index in [2.05, 4.69) is 14.4 Å². The number of hydrogen-bond acceptors (Lipinski definition) is 5. The van der Waals surface area contributed by atoms with E-state index in [9.17, 15) is 13.2 Å². The summed E-state index contributed by atoms with van der Waals surface area (Å²) < 4.78 is 32.7. The molecule has 0 fully saturated rings. The second-order valence-corrected chi connectivity index (χ2v) is 7.02. The summed E-state index contributed by atoms with van der Waals surface area (Å²) in [6.07, 6.45) is 4.83. The van der Waals surface area contributed by atoms with Crippen LogP contribution in [0.3, 0.4) is 0 Å². The van der Waals surface area contributed by atoms with E-state index in [1.165, 1.54) is 4.57 Å². The van der Waals surface area contributed by atoms with E-state index >= 15 is 0 Å². The van der Waals surface area contributed by atoms with Crippen LogP contribution in [0.4, 0.5) is 0 Å². The van der Waals surface area contributed by atoms with Gasteiger partial charge in [0.25, 0.3) is 0 Å². The zero-order valence-electron chi connectivity index (χ0n) is 11.7. The van der Waals surface area contributed by atoms with E-state index < -0.39 is 15.8 Å². The van der Waals surface area contributed by atoms with Crippen molar-refractivity contribution >= 4 is 10.0 Å². The summed E-state index contributed by atoms with van der Waals surface area (Å²) in [6.45, 7) is 2.44. The largest absolute Gasteiger partial charge is 0.441 e. The van der Waals surface area contributed by atoms with E-state index in [1.807, 2.05) is 6.92 Å². The van der Waals surface area contributed by atoms with Crippen molar-refractivity contribution in [1.29, 1.82) is 0 Å². The van der Waals surface area contributed by atoms with Gasteiger partial charge < -0.3 is 0 Å². The molecule has 1 aliphatic rings. The summed E-state index contributed by atoms with van der Waals surface area (Å²) >= 11 is 0. The van der Waals surface area contributed by atoms with E-state index in [-0.39, 0.29) is 11.8 Å². The van der Waals surface area contributed by atoms with E-state index in [0.717, 1.165) is 25.7 Å². The van der Waals surface area contributed by atoms with Gasteiger partial charge in [0.15, 0.2) is 5.82 Å². The van der Waals surface area contributed by atoms with Gasteiger partial charge in [-0.2, -0.15) is 0 Å². The molecule has 0 amide bonds. The summed E-state index contributed by atoms with van der Waals surface area (Å²) in [5, 5.41) is 3.73. The first-order chi connectivity index (χ1) is 9.53. The lowest BCUT2D eigenvalue weighted by molar-refractivity contribution is 0.358. The number of rotatable bonds is 6. The van der Waals surface area contributed by atoms with Gasteiger partial charge in [-0.25, -0.2) is 17.9 Å². The number of unbranched alkanes of at least 4 members (excludes halogenated alkanes) is 1. The molecule has 0 aromatic carbocycles. The predicted octanol–water partition coefficient (Wildman–Crippen LogP) is 0.823. The van der Waals surface area contributed by atoms with Crippen molar-refractivity contribution in [2.45, 2.75) is 51.5 Å². The molecule has 0 bridgehead atoms. The topological polar surface area (TPSA) is 94.2 Å². The van der Waals surface area contributed by atoms with Crippen LogP contribution in [0.5, 0.6) is 0 Å². The van der Waals surface area contributed by atoms with Crippen LogP contribution in [0.15, 0.2) is 9.32 Å². The highest BCUT2D eigenvalue weighted by Crippen LogP contribution is 2.22. The maximum absolute atomic E-state index is 12.1. The summed E-state index contributed by atoms with van der Waals surface area (Å²) in [6, 6.07) is -0.384. The van der Waals surface area contributed by atoms with Gasteiger partial charge in [-0.3, -0.25) is 9.09 Å². The lowest BCUT2D eigenvalue weighted by Crippen LogP contribution is -2.34. The van der Waals surface area contributed by atoms with Crippen molar-refractivity contribution in [2.24, 2.45) is 0 Å². The summed E-state index contributed by atoms with van der Waals surface area (Å²) in [4.78, 5) is 11.7. The second-order valence-electron chi connectivity index (χ2n) is 5.16. The van der Waals surface area contributed by atoms with Crippen LogP contribution in [0.1, 0.15) is 50.9 Å². The molecule has 114 valence electrons. The van der Waals surface area contributed by atoms with Crippen molar-refractivity contribution in [2.75, 3.05) is 12.3 Å². The van der Waals surface area contributed by atoms with Crippen molar-refractivity contribution in [3.63, 3.8) is 0 Å². The van der Waals surface area contributed by atoms with Crippen LogP contribution in [0.2, 0.25) is 0 Å². The first kappa shape index (κ1) is 15.2. The van der Waals surface area contributed by atoms with Gasteiger partial charge in [-0.1, -0.05) is 24.9 Å². The van der Waals surface area contributed by atoms with Gasteiger partial charge in [0.05, 0.1) is 11.8 Å². The molecule has 1 N–H and O–H groups in total. The second kappa shape index (κ2) is 6.53. The van der Waals surface area contributed by atoms with Crippen molar-refractivity contribution in [3.8, 4) is 0 Å². The zero-order chi connectivity index (χ0) is 14.6. The normalized spacial score (nSPS) is 19.6. The van der Waals surface area contributed by atoms with Gasteiger partial charge in [0, 0.05) is 13.0 Å². The number of aromatic nitrogens is 2. The van der Waals surface area contributed by atoms with Gasteiger partial charge in [-0.05, 0) is 19.3 Å². The predicted molar refractivity (Wildman–Crippen MR) is 74.1 cm³/mol. The van der Waals surface area contributed by atoms with Gasteiger partial charge in [0.2, 0.25) is 10.0 Å². The molecule has 20 heavy (non-hydrogen) atoms. The van der Waals surface area contributed by atoms with Crippen LogP contribution >= 0.6 is 0 Å². The minimum Gasteiger partial charge on any atom is -0.296 e. The number of aryl methyl sites for hydroxylation is 1. The molecule has 0 radical (unpaired) electrons. The number of hydrogen-bond donors (Lipinski definition) is 1. The molecule has 1 aromatic heterocycles. The third-order valence-corrected chi connectivity index (χ3v) is 4.99. The highest BCUT2D eigenvalue weighted by atomic mass is 32.2. The summed E-state index contributed by atoms with van der Waals surface area (Å²) in [5.41, 5.74) is 0. The molecule has 2 rings (SSSR count). The Morgan fingerprint density at radius 2 is 2.25 bits per heavy atom. The summed E-state index contributed by atoms with van der Waals surface area (Å²) in [5.74, 6) is -0.0953. The monoisotopic (exact) mass is 303 g/mol. The van der Waals surface area contributed by atoms with Gasteiger partial charge >= 0.3 is 5.76 Å². The van der Waals surface area contributed by atoms with Crippen molar-refractivity contribution < 1.29 is 12.9 Å². The van der Waals surface area contributed by atoms with Crippen LogP contribution in [-0.2, 0) is 16.4 Å². The Labute approximate surface area is 118 Å². The minimum atomic E-state index is -3.39. The van der Waals surface area contributed by atoms with Crippen molar-refractivity contribution in [3.05, 3.63) is 16.4 Å². The molecule has 0 saturated heterocycles. The Hall–Kier alpha value is -1.15. The highest BCUT2D eigenvalue weighted by Gasteiger charge is 2.27. The Morgan fingerprint density at radius 1 is 1.45 bits per heavy atom. The molecule has 2 heterocycles. The van der Waals surface area contributed by atoms with Gasteiger partial charge in [-0.15, -0.1) is 0 Å². The van der Waals surface area contributed by atoms with E-state index in [4.69, 9.17) is 0 Å². The number of fused-ring (bicyclic) bond motifs is 1. The smallest absolute Gasteiger partial charge is 0.296 e. The maximum atomic E-state index is 12.1. The Balaban J connectivity index is 2.12. The number of nitrogens with one attached hydrogen (secondary N) is 1. The molecule has 1 atom stereocenters. The van der Waals surface area contributed by atoms with Crippen LogP contribution in [-0.4, -0.2) is 30.4 Å². The number of sulfonamides is 1. The average molecular weight is 303 g/mol. The molecule has 0 aliphatic carbocycles. The minimum absolute atomic E-state index is 0.0924. The molecule has 1 unspecified atom stereocenters. The first-order valence-electron chi connectivity index (χ1n) is 7.08. The van der Waals surface area contributed by atoms with Crippen LogP contribution < -0.4 is 10.5 Å². The molecule has 0 spiro atoms. The SMILES string of the molecule is CCCCNS(=O)(=O)CC1CCCCc2noc(=O)n21. The number of nitrogens with zero attached hydrogens (tertiary/aromatic N) is 2. The molecule has 1 aliphatic heterocycles. The fraction of sp³-hybridized carbons (Fsp3) is 0.833. The van der Waals surface area contributed by atoms with Crippen LogP contribution in [0, 0.1) is 0 Å². The standard InChI is InChI=1S/C12H21N3O4S/c1-2-3-8-13-20(17,18)9-10-6-4-5-7-11-14-19-12(16)15(10)11/h10,13H,2-9H2,1H3. The lowest BCUT2D eigenvalue weighted by atomic mass is 10.1. The Bertz CT molecular complexity index is 590. The fourth-order valence-electron chi connectivity index (χ4n) is 2.48. The van der Waals surface area contributed by atoms with Gasteiger partial charge in [0.1, 0.15) is 0 Å². The summed E-state index contributed by atoms with van der Waals surface area (Å²) in [7, 11) is -3.39. The quantitative estimate of drug-likeness (QED) is 0.785. The average Bonchev–Trinajstić information content (AvgIpc) is 2.63.